The molecule has 0 N–H and O–H groups in total. The van der Waals surface area contributed by atoms with E-state index in [1.54, 1.807) is 12.1 Å². The molecule has 0 saturated carbocycles. The van der Waals surface area contributed by atoms with Crippen LogP contribution in [0, 0.1) is 5.82 Å². The standard InChI is InChI=1S/C14H20FNO/c15-13-5-7-14(8-6-13)17-12-4-3-11-16-9-1-2-10-16/h5-8H,1-4,9-12H2. The minimum atomic E-state index is -0.216. The Labute approximate surface area is 102 Å². The minimum Gasteiger partial charge on any atom is -0.494 e. The van der Waals surface area contributed by atoms with E-state index in [1.807, 2.05) is 0 Å². The molecular formula is C14H20FNO. The van der Waals surface area contributed by atoms with Crippen molar-refractivity contribution < 1.29 is 9.13 Å². The van der Waals surface area contributed by atoms with E-state index in [0.29, 0.717) is 0 Å². The summed E-state index contributed by atoms with van der Waals surface area (Å²) in [5.74, 6) is 0.541. The van der Waals surface area contributed by atoms with Gasteiger partial charge in [0.2, 0.25) is 0 Å². The second-order valence-corrected chi connectivity index (χ2v) is 4.56. The van der Waals surface area contributed by atoms with Crippen LogP contribution in [-0.2, 0) is 0 Å². The van der Waals surface area contributed by atoms with E-state index in [4.69, 9.17) is 4.74 Å². The molecule has 17 heavy (non-hydrogen) atoms. The molecule has 0 spiro atoms. The molecule has 1 heterocycles. The Morgan fingerprint density at radius 1 is 1.06 bits per heavy atom. The maximum atomic E-state index is 12.6. The van der Waals surface area contributed by atoms with Gasteiger partial charge in [0.25, 0.3) is 0 Å². The Morgan fingerprint density at radius 3 is 2.47 bits per heavy atom. The van der Waals surface area contributed by atoms with Crippen LogP contribution in [0.3, 0.4) is 0 Å². The SMILES string of the molecule is Fc1ccc(OCCCCN2CCCC2)cc1. The summed E-state index contributed by atoms with van der Waals surface area (Å²) < 4.78 is 18.2. The van der Waals surface area contributed by atoms with Gasteiger partial charge in [0.05, 0.1) is 6.61 Å². The van der Waals surface area contributed by atoms with Crippen molar-refractivity contribution in [2.45, 2.75) is 25.7 Å². The van der Waals surface area contributed by atoms with Crippen molar-refractivity contribution in [1.82, 2.24) is 4.90 Å². The fourth-order valence-electron chi connectivity index (χ4n) is 2.16. The zero-order valence-corrected chi connectivity index (χ0v) is 10.2. The lowest BCUT2D eigenvalue weighted by atomic mass is 10.3. The van der Waals surface area contributed by atoms with Crippen LogP contribution >= 0.6 is 0 Å². The average molecular weight is 237 g/mol. The Morgan fingerprint density at radius 2 is 1.76 bits per heavy atom. The largest absolute Gasteiger partial charge is 0.494 e. The number of hydrogen-bond donors (Lipinski definition) is 0. The Balaban J connectivity index is 1.55. The molecule has 1 aliphatic heterocycles. The summed E-state index contributed by atoms with van der Waals surface area (Å²) in [4.78, 5) is 2.51. The second-order valence-electron chi connectivity index (χ2n) is 4.56. The van der Waals surface area contributed by atoms with E-state index in [2.05, 4.69) is 4.90 Å². The molecule has 3 heteroatoms. The van der Waals surface area contributed by atoms with Crippen LogP contribution in [-0.4, -0.2) is 31.1 Å². The lowest BCUT2D eigenvalue weighted by Crippen LogP contribution is -2.20. The highest BCUT2D eigenvalue weighted by Gasteiger charge is 2.09. The molecule has 0 radical (unpaired) electrons. The lowest BCUT2D eigenvalue weighted by Gasteiger charge is -2.14. The first-order valence-electron chi connectivity index (χ1n) is 6.45. The average Bonchev–Trinajstić information content (AvgIpc) is 2.84. The van der Waals surface area contributed by atoms with Gasteiger partial charge in [-0.15, -0.1) is 0 Å². The lowest BCUT2D eigenvalue weighted by molar-refractivity contribution is 0.279. The van der Waals surface area contributed by atoms with Crippen LogP contribution in [0.15, 0.2) is 24.3 Å². The van der Waals surface area contributed by atoms with Crippen LogP contribution in [0.2, 0.25) is 0 Å². The molecular weight excluding hydrogens is 217 g/mol. The van der Waals surface area contributed by atoms with E-state index in [-0.39, 0.29) is 5.82 Å². The van der Waals surface area contributed by atoms with Gasteiger partial charge in [0.15, 0.2) is 0 Å². The van der Waals surface area contributed by atoms with Crippen LogP contribution in [0.4, 0.5) is 4.39 Å². The summed E-state index contributed by atoms with van der Waals surface area (Å²) in [7, 11) is 0. The maximum absolute atomic E-state index is 12.6. The highest BCUT2D eigenvalue weighted by Crippen LogP contribution is 2.12. The monoisotopic (exact) mass is 237 g/mol. The number of halogens is 1. The van der Waals surface area contributed by atoms with Gasteiger partial charge in [0, 0.05) is 0 Å². The van der Waals surface area contributed by atoms with Crippen LogP contribution in [0.25, 0.3) is 0 Å². The molecule has 2 nitrogen and oxygen atoms in total. The molecule has 1 aromatic carbocycles. The Kier molecular flexibility index (Phi) is 4.80. The van der Waals surface area contributed by atoms with Crippen LogP contribution < -0.4 is 4.74 Å². The van der Waals surface area contributed by atoms with Crippen molar-refractivity contribution in [2.75, 3.05) is 26.2 Å². The van der Waals surface area contributed by atoms with Gasteiger partial charge in [-0.25, -0.2) is 4.39 Å². The predicted octanol–water partition coefficient (Wildman–Crippen LogP) is 3.08. The number of hydrogen-bond acceptors (Lipinski definition) is 2. The number of benzene rings is 1. The topological polar surface area (TPSA) is 12.5 Å². The first kappa shape index (κ1) is 12.4. The smallest absolute Gasteiger partial charge is 0.123 e. The molecule has 0 aromatic heterocycles. The summed E-state index contributed by atoms with van der Waals surface area (Å²) in [5, 5.41) is 0. The summed E-state index contributed by atoms with van der Waals surface area (Å²) in [6, 6.07) is 6.21. The van der Waals surface area contributed by atoms with E-state index in [1.165, 1.54) is 51.0 Å². The molecule has 1 saturated heterocycles. The quantitative estimate of drug-likeness (QED) is 0.705. The first-order chi connectivity index (χ1) is 8.34. The number of likely N-dealkylation sites (tertiary alicyclic amines) is 1. The minimum absolute atomic E-state index is 0.216. The van der Waals surface area contributed by atoms with E-state index >= 15 is 0 Å². The summed E-state index contributed by atoms with van der Waals surface area (Å²) >= 11 is 0. The van der Waals surface area contributed by atoms with Gasteiger partial charge >= 0.3 is 0 Å². The number of nitrogens with zero attached hydrogens (tertiary/aromatic N) is 1. The predicted molar refractivity (Wildman–Crippen MR) is 66.8 cm³/mol. The third kappa shape index (κ3) is 4.35. The van der Waals surface area contributed by atoms with Gasteiger partial charge in [-0.2, -0.15) is 0 Å². The third-order valence-corrected chi connectivity index (χ3v) is 3.15. The Hall–Kier alpha value is -1.09. The molecule has 0 amide bonds. The fraction of sp³-hybridized carbons (Fsp3) is 0.571. The highest BCUT2D eigenvalue weighted by atomic mass is 19.1. The van der Waals surface area contributed by atoms with Crippen molar-refractivity contribution in [2.24, 2.45) is 0 Å². The zero-order chi connectivity index (χ0) is 11.9. The zero-order valence-electron chi connectivity index (χ0n) is 10.2. The third-order valence-electron chi connectivity index (χ3n) is 3.15. The molecule has 0 unspecified atom stereocenters. The molecule has 0 atom stereocenters. The van der Waals surface area contributed by atoms with Crippen molar-refractivity contribution >= 4 is 0 Å². The molecule has 1 fully saturated rings. The molecule has 1 aromatic rings. The van der Waals surface area contributed by atoms with Gasteiger partial charge < -0.3 is 9.64 Å². The summed E-state index contributed by atoms with van der Waals surface area (Å²) in [6.07, 6.45) is 4.95. The molecule has 94 valence electrons. The van der Waals surface area contributed by atoms with Crippen molar-refractivity contribution in [1.29, 1.82) is 0 Å². The molecule has 1 aliphatic rings. The van der Waals surface area contributed by atoms with Crippen LogP contribution in [0.1, 0.15) is 25.7 Å². The molecule has 0 aliphatic carbocycles. The summed E-state index contributed by atoms with van der Waals surface area (Å²) in [5.41, 5.74) is 0. The number of unbranched alkanes of at least 4 members (excludes halogenated alkanes) is 1. The number of ether oxygens (including phenoxy) is 1. The summed E-state index contributed by atoms with van der Waals surface area (Å²) in [6.45, 7) is 4.43. The van der Waals surface area contributed by atoms with Crippen molar-refractivity contribution in [3.8, 4) is 5.75 Å². The Bertz CT molecular complexity index is 319. The van der Waals surface area contributed by atoms with Gasteiger partial charge in [-0.3, -0.25) is 0 Å². The highest BCUT2D eigenvalue weighted by molar-refractivity contribution is 5.21. The van der Waals surface area contributed by atoms with Gasteiger partial charge in [0.1, 0.15) is 11.6 Å². The first-order valence-corrected chi connectivity index (χ1v) is 6.45. The van der Waals surface area contributed by atoms with Gasteiger partial charge in [-0.1, -0.05) is 0 Å². The van der Waals surface area contributed by atoms with E-state index in [9.17, 15) is 4.39 Å². The van der Waals surface area contributed by atoms with Crippen molar-refractivity contribution in [3.05, 3.63) is 30.1 Å². The number of rotatable bonds is 6. The second kappa shape index (κ2) is 6.60. The normalized spacial score (nSPS) is 16.3. The fourth-order valence-corrected chi connectivity index (χ4v) is 2.16. The van der Waals surface area contributed by atoms with E-state index in [0.717, 1.165) is 18.8 Å². The molecule has 2 rings (SSSR count). The molecule has 0 bridgehead atoms. The van der Waals surface area contributed by atoms with Crippen molar-refractivity contribution in [3.63, 3.8) is 0 Å². The van der Waals surface area contributed by atoms with E-state index < -0.39 is 0 Å². The van der Waals surface area contributed by atoms with Crippen LogP contribution in [0.5, 0.6) is 5.75 Å². The van der Waals surface area contributed by atoms with Gasteiger partial charge in [-0.05, 0) is 69.6 Å². The maximum Gasteiger partial charge on any atom is 0.123 e.